The van der Waals surface area contributed by atoms with Crippen LogP contribution in [0.15, 0.2) is 54.7 Å². The summed E-state index contributed by atoms with van der Waals surface area (Å²) >= 11 is 7.64. The number of pyridine rings is 1. The number of carbonyl (C=O) groups excluding carboxylic acids is 1. The van der Waals surface area contributed by atoms with Gasteiger partial charge in [-0.3, -0.25) is 4.98 Å². The third kappa shape index (κ3) is 5.49. The van der Waals surface area contributed by atoms with E-state index in [0.29, 0.717) is 35.2 Å². The van der Waals surface area contributed by atoms with Gasteiger partial charge in [-0.25, -0.2) is 9.78 Å². The maximum absolute atomic E-state index is 12.6. The van der Waals surface area contributed by atoms with Gasteiger partial charge in [0.1, 0.15) is 15.5 Å². The van der Waals surface area contributed by atoms with Crippen molar-refractivity contribution in [3.05, 3.63) is 81.7 Å². The number of thiophene rings is 1. The number of carbonyl (C=O) groups is 1. The molecular formula is C25H25ClN4O2S. The molecule has 3 heterocycles. The maximum atomic E-state index is 12.6. The zero-order valence-electron chi connectivity index (χ0n) is 18.6. The molecule has 0 radical (unpaired) electrons. The van der Waals surface area contributed by atoms with Crippen LogP contribution in [-0.4, -0.2) is 34.1 Å². The van der Waals surface area contributed by atoms with Crippen molar-refractivity contribution in [3.63, 3.8) is 0 Å². The van der Waals surface area contributed by atoms with Gasteiger partial charge in [0, 0.05) is 31.4 Å². The van der Waals surface area contributed by atoms with Crippen molar-refractivity contribution in [3.8, 4) is 0 Å². The molecule has 1 aromatic carbocycles. The molecule has 0 unspecified atom stereocenters. The molecule has 0 aliphatic heterocycles. The van der Waals surface area contributed by atoms with Crippen molar-refractivity contribution in [1.82, 2.24) is 15.0 Å². The van der Waals surface area contributed by atoms with Crippen LogP contribution in [0.1, 0.15) is 39.8 Å². The van der Waals surface area contributed by atoms with Crippen LogP contribution >= 0.6 is 22.9 Å². The molecule has 0 aliphatic carbocycles. The van der Waals surface area contributed by atoms with Gasteiger partial charge in [0.15, 0.2) is 0 Å². The first-order chi connectivity index (χ1) is 16.1. The van der Waals surface area contributed by atoms with E-state index in [9.17, 15) is 4.79 Å². The molecule has 0 bridgehead atoms. The summed E-state index contributed by atoms with van der Waals surface area (Å²) in [7, 11) is 0. The number of hydrogen-bond acceptors (Lipinski definition) is 7. The smallest absolute Gasteiger partial charge is 0.348 e. The first-order valence-corrected chi connectivity index (χ1v) is 12.1. The molecule has 170 valence electrons. The zero-order valence-corrected chi connectivity index (χ0v) is 20.2. The number of hydrogen-bond donors (Lipinski definition) is 0. The molecule has 33 heavy (non-hydrogen) atoms. The Morgan fingerprint density at radius 3 is 2.64 bits per heavy atom. The number of nitrogens with zero attached hydrogens (tertiary/aromatic N) is 4. The van der Waals surface area contributed by atoms with Crippen LogP contribution in [0.4, 0.5) is 5.82 Å². The van der Waals surface area contributed by atoms with E-state index in [-0.39, 0.29) is 11.3 Å². The summed E-state index contributed by atoms with van der Waals surface area (Å²) in [6, 6.07) is 16.1. The van der Waals surface area contributed by atoms with Crippen LogP contribution < -0.4 is 4.90 Å². The fourth-order valence-corrected chi connectivity index (χ4v) is 4.92. The lowest BCUT2D eigenvalue weighted by Crippen LogP contribution is -2.27. The molecule has 0 saturated carbocycles. The lowest BCUT2D eigenvalue weighted by atomic mass is 10.1. The van der Waals surface area contributed by atoms with Gasteiger partial charge in [-0.05, 0) is 48.2 Å². The van der Waals surface area contributed by atoms with E-state index in [1.807, 2.05) is 50.2 Å². The second-order valence-electron chi connectivity index (χ2n) is 7.67. The Balaban J connectivity index is 1.75. The standard InChI is InChI=1S/C25H25ClN4O2S/c1-3-15-32-24(31)21-17(2)20-22(28-25(26)29-23(20)33-21)30(16-18-9-5-4-6-10-18)14-12-19-11-7-8-13-27-19/h4-11,13H,3,12,14-16H2,1-2H3. The average molecular weight is 481 g/mol. The van der Waals surface area contributed by atoms with Crippen molar-refractivity contribution in [2.24, 2.45) is 0 Å². The minimum atomic E-state index is -0.331. The summed E-state index contributed by atoms with van der Waals surface area (Å²) in [5.41, 5.74) is 2.97. The third-order valence-corrected chi connectivity index (χ3v) is 6.58. The Hall–Kier alpha value is -3.03. The maximum Gasteiger partial charge on any atom is 0.348 e. The number of halogens is 1. The lowest BCUT2D eigenvalue weighted by Gasteiger charge is -2.25. The molecular weight excluding hydrogens is 456 g/mol. The van der Waals surface area contributed by atoms with Gasteiger partial charge in [-0.2, -0.15) is 4.98 Å². The van der Waals surface area contributed by atoms with E-state index in [1.165, 1.54) is 11.3 Å². The van der Waals surface area contributed by atoms with E-state index < -0.39 is 0 Å². The summed E-state index contributed by atoms with van der Waals surface area (Å²) < 4.78 is 5.39. The van der Waals surface area contributed by atoms with Gasteiger partial charge in [-0.15, -0.1) is 11.3 Å². The lowest BCUT2D eigenvalue weighted by molar-refractivity contribution is 0.0510. The van der Waals surface area contributed by atoms with Gasteiger partial charge >= 0.3 is 5.97 Å². The summed E-state index contributed by atoms with van der Waals surface area (Å²) in [4.78, 5) is 29.5. The minimum absolute atomic E-state index is 0.156. The number of aryl methyl sites for hydroxylation is 1. The summed E-state index contributed by atoms with van der Waals surface area (Å²) in [5, 5.41) is 0.993. The molecule has 0 N–H and O–H groups in total. The van der Waals surface area contributed by atoms with Crippen LogP contribution in [0, 0.1) is 6.92 Å². The Bertz CT molecular complexity index is 1230. The molecule has 0 saturated heterocycles. The van der Waals surface area contributed by atoms with E-state index in [1.54, 1.807) is 6.20 Å². The highest BCUT2D eigenvalue weighted by Crippen LogP contribution is 2.37. The van der Waals surface area contributed by atoms with E-state index in [2.05, 4.69) is 32.0 Å². The first kappa shape index (κ1) is 23.1. The molecule has 0 fully saturated rings. The molecule has 0 atom stereocenters. The van der Waals surface area contributed by atoms with Crippen molar-refractivity contribution in [2.75, 3.05) is 18.1 Å². The SMILES string of the molecule is CCCOC(=O)c1sc2nc(Cl)nc(N(CCc3ccccn3)Cc3ccccc3)c2c1C. The second kappa shape index (κ2) is 10.7. The summed E-state index contributed by atoms with van der Waals surface area (Å²) in [5.74, 6) is 0.385. The molecule has 6 nitrogen and oxygen atoms in total. The Morgan fingerprint density at radius 1 is 1.12 bits per heavy atom. The quantitative estimate of drug-likeness (QED) is 0.220. The van der Waals surface area contributed by atoms with E-state index >= 15 is 0 Å². The number of fused-ring (bicyclic) bond motifs is 1. The van der Waals surface area contributed by atoms with Gasteiger partial charge in [-0.1, -0.05) is 43.3 Å². The van der Waals surface area contributed by atoms with Crippen LogP contribution in [0.3, 0.4) is 0 Å². The van der Waals surface area contributed by atoms with Crippen molar-refractivity contribution in [1.29, 1.82) is 0 Å². The predicted octanol–water partition coefficient (Wildman–Crippen LogP) is 5.86. The fourth-order valence-electron chi connectivity index (χ4n) is 3.64. The Morgan fingerprint density at radius 2 is 1.91 bits per heavy atom. The van der Waals surface area contributed by atoms with E-state index in [4.69, 9.17) is 16.3 Å². The summed E-state index contributed by atoms with van der Waals surface area (Å²) in [6.45, 7) is 5.59. The van der Waals surface area contributed by atoms with Crippen LogP contribution in [0.25, 0.3) is 10.2 Å². The molecule has 0 aliphatic rings. The summed E-state index contributed by atoms with van der Waals surface area (Å²) in [6.07, 6.45) is 3.31. The van der Waals surface area contributed by atoms with Gasteiger partial charge in [0.25, 0.3) is 0 Å². The molecule has 0 amide bonds. The molecule has 0 spiro atoms. The highest BCUT2D eigenvalue weighted by atomic mass is 35.5. The molecule has 3 aromatic heterocycles. The molecule has 4 aromatic rings. The first-order valence-electron chi connectivity index (χ1n) is 10.9. The predicted molar refractivity (Wildman–Crippen MR) is 133 cm³/mol. The number of benzene rings is 1. The molecule has 4 rings (SSSR count). The van der Waals surface area contributed by atoms with Crippen molar-refractivity contribution >= 4 is 44.9 Å². The van der Waals surface area contributed by atoms with Crippen molar-refractivity contribution < 1.29 is 9.53 Å². The average Bonchev–Trinajstić information content (AvgIpc) is 3.17. The monoisotopic (exact) mass is 480 g/mol. The highest BCUT2D eigenvalue weighted by molar-refractivity contribution is 7.20. The zero-order chi connectivity index (χ0) is 23.2. The fraction of sp³-hybridized carbons (Fsp3) is 0.280. The number of rotatable bonds is 9. The van der Waals surface area contributed by atoms with Gasteiger partial charge in [0.2, 0.25) is 5.28 Å². The number of anilines is 1. The van der Waals surface area contributed by atoms with Crippen LogP contribution in [0.2, 0.25) is 5.28 Å². The molecule has 8 heteroatoms. The Kier molecular flexibility index (Phi) is 7.52. The normalized spacial score (nSPS) is 11.0. The topological polar surface area (TPSA) is 68.2 Å². The van der Waals surface area contributed by atoms with E-state index in [0.717, 1.165) is 35.0 Å². The van der Waals surface area contributed by atoms with Gasteiger partial charge < -0.3 is 9.64 Å². The number of aromatic nitrogens is 3. The third-order valence-electron chi connectivity index (χ3n) is 5.25. The largest absolute Gasteiger partial charge is 0.462 e. The number of esters is 1. The van der Waals surface area contributed by atoms with Crippen LogP contribution in [-0.2, 0) is 17.7 Å². The number of ether oxygens (including phenoxy) is 1. The second-order valence-corrected chi connectivity index (χ2v) is 9.00. The highest BCUT2D eigenvalue weighted by Gasteiger charge is 2.24. The van der Waals surface area contributed by atoms with Crippen molar-refractivity contribution in [2.45, 2.75) is 33.2 Å². The minimum Gasteiger partial charge on any atom is -0.462 e. The van der Waals surface area contributed by atoms with Gasteiger partial charge in [0.05, 0.1) is 12.0 Å². The Labute approximate surface area is 202 Å². The van der Waals surface area contributed by atoms with Crippen LogP contribution in [0.5, 0.6) is 0 Å².